The molecule has 0 aliphatic carbocycles. The van der Waals surface area contributed by atoms with Gasteiger partial charge in [0, 0.05) is 19.6 Å². The third kappa shape index (κ3) is 4.52. The van der Waals surface area contributed by atoms with Crippen LogP contribution in [0.25, 0.3) is 0 Å². The van der Waals surface area contributed by atoms with Crippen molar-refractivity contribution in [2.45, 2.75) is 57.4 Å². The second kappa shape index (κ2) is 8.29. The Balaban J connectivity index is 1.67. The van der Waals surface area contributed by atoms with Gasteiger partial charge in [-0.25, -0.2) is 8.42 Å². The zero-order valence-corrected chi connectivity index (χ0v) is 17.4. The topological polar surface area (TPSA) is 78.5 Å². The highest BCUT2D eigenvalue weighted by Crippen LogP contribution is 2.28. The quantitative estimate of drug-likeness (QED) is 0.801. The van der Waals surface area contributed by atoms with Gasteiger partial charge in [0.15, 0.2) is 0 Å². The molecule has 1 aromatic rings. The maximum atomic E-state index is 13.3. The number of aryl methyl sites for hydroxylation is 3. The lowest BCUT2D eigenvalue weighted by atomic mass is 9.99. The lowest BCUT2D eigenvalue weighted by Gasteiger charge is -2.33. The summed E-state index contributed by atoms with van der Waals surface area (Å²) in [5.41, 5.74) is 2.68. The van der Waals surface area contributed by atoms with Gasteiger partial charge in [0.1, 0.15) is 0 Å². The SMILES string of the molecule is Cc1cc(C)c(S(=O)(=O)N2CCCC(CNC(=O)C3CCCN3)C2)c(C)c1. The Hall–Kier alpha value is -1.44. The summed E-state index contributed by atoms with van der Waals surface area (Å²) in [5, 5.41) is 6.21. The third-order valence-electron chi connectivity index (χ3n) is 5.63. The molecule has 7 heteroatoms. The van der Waals surface area contributed by atoms with Gasteiger partial charge >= 0.3 is 0 Å². The molecule has 0 saturated carbocycles. The van der Waals surface area contributed by atoms with Crippen molar-refractivity contribution in [2.24, 2.45) is 5.92 Å². The fourth-order valence-electron chi connectivity index (χ4n) is 4.39. The molecule has 2 unspecified atom stereocenters. The molecule has 0 bridgehead atoms. The van der Waals surface area contributed by atoms with Crippen LogP contribution >= 0.6 is 0 Å². The first-order valence-corrected chi connectivity index (χ1v) is 11.3. The highest BCUT2D eigenvalue weighted by atomic mass is 32.2. The van der Waals surface area contributed by atoms with E-state index in [0.717, 1.165) is 48.9 Å². The number of carbonyl (C=O) groups is 1. The molecule has 2 heterocycles. The van der Waals surface area contributed by atoms with E-state index in [1.807, 2.05) is 32.9 Å². The standard InChI is InChI=1S/C20H31N3O3S/c1-14-10-15(2)19(16(3)11-14)27(25,26)23-9-5-6-17(13-23)12-22-20(24)18-7-4-8-21-18/h10-11,17-18,21H,4-9,12-13H2,1-3H3,(H,22,24). The number of hydrogen-bond donors (Lipinski definition) is 2. The minimum absolute atomic E-state index is 0.0395. The van der Waals surface area contributed by atoms with Gasteiger partial charge < -0.3 is 10.6 Å². The summed E-state index contributed by atoms with van der Waals surface area (Å²) in [6.45, 7) is 8.15. The highest BCUT2D eigenvalue weighted by molar-refractivity contribution is 7.89. The van der Waals surface area contributed by atoms with E-state index in [1.165, 1.54) is 0 Å². The highest BCUT2D eigenvalue weighted by Gasteiger charge is 2.33. The van der Waals surface area contributed by atoms with Gasteiger partial charge in [0.2, 0.25) is 15.9 Å². The van der Waals surface area contributed by atoms with Crippen LogP contribution in [0.5, 0.6) is 0 Å². The summed E-state index contributed by atoms with van der Waals surface area (Å²) in [5.74, 6) is 0.197. The molecule has 0 spiro atoms. The molecule has 2 N–H and O–H groups in total. The molecule has 27 heavy (non-hydrogen) atoms. The van der Waals surface area contributed by atoms with E-state index < -0.39 is 10.0 Å². The molecule has 3 rings (SSSR count). The van der Waals surface area contributed by atoms with Gasteiger partial charge in [0.25, 0.3) is 0 Å². The molecular weight excluding hydrogens is 362 g/mol. The van der Waals surface area contributed by atoms with E-state index >= 15 is 0 Å². The number of hydrogen-bond acceptors (Lipinski definition) is 4. The lowest BCUT2D eigenvalue weighted by Crippen LogP contribution is -2.46. The van der Waals surface area contributed by atoms with Crippen LogP contribution in [-0.4, -0.2) is 50.9 Å². The smallest absolute Gasteiger partial charge is 0.243 e. The molecule has 2 aliphatic heterocycles. The Morgan fingerprint density at radius 3 is 2.52 bits per heavy atom. The van der Waals surface area contributed by atoms with Crippen LogP contribution in [0.4, 0.5) is 0 Å². The normalized spacial score (nSPS) is 24.1. The summed E-state index contributed by atoms with van der Waals surface area (Å²) in [6.07, 6.45) is 3.67. The number of carbonyl (C=O) groups excluding carboxylic acids is 1. The van der Waals surface area contributed by atoms with Gasteiger partial charge in [-0.1, -0.05) is 17.7 Å². The Kier molecular flexibility index (Phi) is 6.23. The molecule has 150 valence electrons. The number of nitrogens with zero attached hydrogens (tertiary/aromatic N) is 1. The Morgan fingerprint density at radius 2 is 1.89 bits per heavy atom. The van der Waals surface area contributed by atoms with E-state index in [-0.39, 0.29) is 17.9 Å². The predicted molar refractivity (Wildman–Crippen MR) is 106 cm³/mol. The van der Waals surface area contributed by atoms with Crippen LogP contribution < -0.4 is 10.6 Å². The van der Waals surface area contributed by atoms with Gasteiger partial charge in [-0.05, 0) is 70.0 Å². The third-order valence-corrected chi connectivity index (χ3v) is 7.80. The van der Waals surface area contributed by atoms with Crippen molar-refractivity contribution >= 4 is 15.9 Å². The van der Waals surface area contributed by atoms with E-state index in [0.29, 0.717) is 24.5 Å². The summed E-state index contributed by atoms with van der Waals surface area (Å²) >= 11 is 0. The Morgan fingerprint density at radius 1 is 1.19 bits per heavy atom. The molecule has 0 aromatic heterocycles. The number of nitrogens with one attached hydrogen (secondary N) is 2. The predicted octanol–water partition coefficient (Wildman–Crippen LogP) is 1.88. The molecule has 2 aliphatic rings. The summed E-state index contributed by atoms with van der Waals surface area (Å²) in [4.78, 5) is 12.6. The van der Waals surface area contributed by atoms with Crippen molar-refractivity contribution in [1.29, 1.82) is 0 Å². The molecule has 6 nitrogen and oxygen atoms in total. The zero-order chi connectivity index (χ0) is 19.6. The number of benzene rings is 1. The summed E-state index contributed by atoms with van der Waals surface area (Å²) < 4.78 is 28.1. The number of amides is 1. The van der Waals surface area contributed by atoms with Gasteiger partial charge in [-0.15, -0.1) is 0 Å². The Labute approximate surface area is 162 Å². The second-order valence-electron chi connectivity index (χ2n) is 7.99. The fraction of sp³-hybridized carbons (Fsp3) is 0.650. The monoisotopic (exact) mass is 393 g/mol. The van der Waals surface area contributed by atoms with Crippen molar-refractivity contribution in [2.75, 3.05) is 26.2 Å². The van der Waals surface area contributed by atoms with Gasteiger partial charge in [0.05, 0.1) is 10.9 Å². The van der Waals surface area contributed by atoms with Crippen LogP contribution in [0, 0.1) is 26.7 Å². The van der Waals surface area contributed by atoms with Crippen LogP contribution in [0.15, 0.2) is 17.0 Å². The maximum absolute atomic E-state index is 13.3. The van der Waals surface area contributed by atoms with Gasteiger partial charge in [-0.2, -0.15) is 4.31 Å². The Bertz CT molecular complexity index is 778. The molecular formula is C20H31N3O3S. The van der Waals surface area contributed by atoms with Crippen LogP contribution in [0.1, 0.15) is 42.4 Å². The maximum Gasteiger partial charge on any atom is 0.243 e. The molecule has 1 amide bonds. The molecule has 2 fully saturated rings. The average molecular weight is 394 g/mol. The van der Waals surface area contributed by atoms with E-state index in [2.05, 4.69) is 10.6 Å². The minimum atomic E-state index is -3.52. The van der Waals surface area contributed by atoms with Crippen LogP contribution in [0.3, 0.4) is 0 Å². The number of piperidine rings is 1. The molecule has 2 atom stereocenters. The molecule has 0 radical (unpaired) electrons. The molecule has 2 saturated heterocycles. The van der Waals surface area contributed by atoms with Gasteiger partial charge in [-0.3, -0.25) is 4.79 Å². The largest absolute Gasteiger partial charge is 0.354 e. The second-order valence-corrected chi connectivity index (χ2v) is 9.87. The lowest BCUT2D eigenvalue weighted by molar-refractivity contribution is -0.123. The first-order valence-electron chi connectivity index (χ1n) is 9.88. The summed E-state index contributed by atoms with van der Waals surface area (Å²) in [7, 11) is -3.52. The zero-order valence-electron chi connectivity index (χ0n) is 16.5. The van der Waals surface area contributed by atoms with Crippen molar-refractivity contribution < 1.29 is 13.2 Å². The van der Waals surface area contributed by atoms with E-state index in [9.17, 15) is 13.2 Å². The first kappa shape index (κ1) is 20.3. The number of sulfonamides is 1. The first-order chi connectivity index (χ1) is 12.8. The fourth-order valence-corrected chi connectivity index (χ4v) is 6.36. The number of rotatable bonds is 5. The summed E-state index contributed by atoms with van der Waals surface area (Å²) in [6, 6.07) is 3.76. The van der Waals surface area contributed by atoms with Crippen LogP contribution in [-0.2, 0) is 14.8 Å². The van der Waals surface area contributed by atoms with E-state index in [1.54, 1.807) is 4.31 Å². The minimum Gasteiger partial charge on any atom is -0.354 e. The average Bonchev–Trinajstić information content (AvgIpc) is 3.13. The van der Waals surface area contributed by atoms with Crippen LogP contribution in [0.2, 0.25) is 0 Å². The van der Waals surface area contributed by atoms with E-state index in [4.69, 9.17) is 0 Å². The van der Waals surface area contributed by atoms with Crippen molar-refractivity contribution in [3.63, 3.8) is 0 Å². The molecule has 1 aromatic carbocycles. The van der Waals surface area contributed by atoms with Crippen molar-refractivity contribution in [3.8, 4) is 0 Å². The van der Waals surface area contributed by atoms with Crippen molar-refractivity contribution in [3.05, 3.63) is 28.8 Å². The van der Waals surface area contributed by atoms with Crippen molar-refractivity contribution in [1.82, 2.24) is 14.9 Å².